The van der Waals surface area contributed by atoms with Crippen molar-refractivity contribution in [3.05, 3.63) is 111 Å². The fraction of sp³-hybridized carbons (Fsp3) is 0.120. The van der Waals surface area contributed by atoms with Crippen LogP contribution >= 0.6 is 0 Å². The molecule has 160 valence electrons. The molecule has 0 radical (unpaired) electrons. The lowest BCUT2D eigenvalue weighted by molar-refractivity contribution is -0.385. The van der Waals surface area contributed by atoms with E-state index in [1.165, 1.54) is 12.1 Å². The number of nitriles is 1. The van der Waals surface area contributed by atoms with E-state index in [4.69, 9.17) is 10.00 Å². The summed E-state index contributed by atoms with van der Waals surface area (Å²) in [5, 5.41) is 20.3. The van der Waals surface area contributed by atoms with Crippen LogP contribution in [0.5, 0.6) is 5.75 Å². The molecule has 1 amide bonds. The molecule has 0 aliphatic heterocycles. The van der Waals surface area contributed by atoms with Crippen LogP contribution in [0.3, 0.4) is 0 Å². The van der Waals surface area contributed by atoms with Crippen molar-refractivity contribution in [1.29, 1.82) is 5.26 Å². The SMILES string of the molecule is COc1ccc(CN(Cc2ccccc2[N+](=O)[O-])C(=O)/C=C/c2ccc(C#N)cc2)cc1. The number of carbonyl (C=O) groups is 1. The Hall–Kier alpha value is -4.44. The van der Waals surface area contributed by atoms with Crippen LogP contribution in [0.2, 0.25) is 0 Å². The van der Waals surface area contributed by atoms with Gasteiger partial charge in [0.05, 0.1) is 30.2 Å². The van der Waals surface area contributed by atoms with Crippen molar-refractivity contribution in [2.45, 2.75) is 13.1 Å². The molecule has 7 nitrogen and oxygen atoms in total. The zero-order chi connectivity index (χ0) is 22.9. The lowest BCUT2D eigenvalue weighted by atomic mass is 10.1. The summed E-state index contributed by atoms with van der Waals surface area (Å²) in [4.78, 5) is 25.6. The molecule has 0 unspecified atom stereocenters. The molecule has 0 aliphatic rings. The van der Waals surface area contributed by atoms with Gasteiger partial charge in [-0.15, -0.1) is 0 Å². The Morgan fingerprint density at radius 3 is 2.38 bits per heavy atom. The van der Waals surface area contributed by atoms with Crippen LogP contribution < -0.4 is 4.74 Å². The molecule has 0 saturated heterocycles. The van der Waals surface area contributed by atoms with Crippen LogP contribution in [0.15, 0.2) is 78.9 Å². The van der Waals surface area contributed by atoms with Crippen molar-refractivity contribution >= 4 is 17.7 Å². The van der Waals surface area contributed by atoms with E-state index in [2.05, 4.69) is 6.07 Å². The summed E-state index contributed by atoms with van der Waals surface area (Å²) in [6, 6.07) is 22.6. The number of para-hydroxylation sites is 1. The molecule has 7 heteroatoms. The summed E-state index contributed by atoms with van der Waals surface area (Å²) >= 11 is 0. The zero-order valence-corrected chi connectivity index (χ0v) is 17.5. The summed E-state index contributed by atoms with van der Waals surface area (Å²) in [5.74, 6) is 0.411. The summed E-state index contributed by atoms with van der Waals surface area (Å²) in [5.41, 5.74) is 2.59. The monoisotopic (exact) mass is 427 g/mol. The number of amides is 1. The van der Waals surface area contributed by atoms with Gasteiger partial charge in [-0.2, -0.15) is 5.26 Å². The molecule has 3 rings (SSSR count). The first-order valence-electron chi connectivity index (χ1n) is 9.82. The number of methoxy groups -OCH3 is 1. The highest BCUT2D eigenvalue weighted by Gasteiger charge is 2.19. The van der Waals surface area contributed by atoms with Gasteiger partial charge in [0.1, 0.15) is 5.75 Å². The van der Waals surface area contributed by atoms with E-state index in [-0.39, 0.29) is 24.7 Å². The second-order valence-corrected chi connectivity index (χ2v) is 7.00. The molecule has 32 heavy (non-hydrogen) atoms. The standard InChI is InChI=1S/C25H21N3O4/c1-32-23-13-10-21(11-14-23)17-27(18-22-4-2-3-5-24(22)28(30)31)25(29)15-12-19-6-8-20(16-26)9-7-19/h2-15H,17-18H2,1H3/b15-12+. The highest BCUT2D eigenvalue weighted by molar-refractivity contribution is 5.91. The Morgan fingerprint density at radius 1 is 1.06 bits per heavy atom. The Morgan fingerprint density at radius 2 is 1.75 bits per heavy atom. The van der Waals surface area contributed by atoms with Crippen molar-refractivity contribution in [3.8, 4) is 11.8 Å². The summed E-state index contributed by atoms with van der Waals surface area (Å²) in [6.45, 7) is 0.353. The number of nitrogens with zero attached hydrogens (tertiary/aromatic N) is 3. The maximum atomic E-state index is 13.0. The van der Waals surface area contributed by atoms with Gasteiger partial charge in [0.15, 0.2) is 0 Å². The molecule has 0 aromatic heterocycles. The number of rotatable bonds is 8. The van der Waals surface area contributed by atoms with Crippen LogP contribution in [-0.4, -0.2) is 22.8 Å². The maximum absolute atomic E-state index is 13.0. The average molecular weight is 427 g/mol. The maximum Gasteiger partial charge on any atom is 0.274 e. The molecule has 0 saturated carbocycles. The van der Waals surface area contributed by atoms with Gasteiger partial charge in [0, 0.05) is 24.3 Å². The van der Waals surface area contributed by atoms with Crippen molar-refractivity contribution in [1.82, 2.24) is 4.90 Å². The fourth-order valence-corrected chi connectivity index (χ4v) is 3.13. The molecule has 3 aromatic carbocycles. The lowest BCUT2D eigenvalue weighted by Crippen LogP contribution is -2.28. The summed E-state index contributed by atoms with van der Waals surface area (Å²) < 4.78 is 5.18. The van der Waals surface area contributed by atoms with Crippen LogP contribution in [0.1, 0.15) is 22.3 Å². The number of hydrogen-bond donors (Lipinski definition) is 0. The topological polar surface area (TPSA) is 96.5 Å². The molecule has 3 aromatic rings. The van der Waals surface area contributed by atoms with E-state index in [9.17, 15) is 14.9 Å². The summed E-state index contributed by atoms with van der Waals surface area (Å²) in [6.07, 6.45) is 3.09. The van der Waals surface area contributed by atoms with E-state index in [0.29, 0.717) is 16.9 Å². The number of benzene rings is 3. The molecule has 0 N–H and O–H groups in total. The van der Waals surface area contributed by atoms with E-state index in [0.717, 1.165) is 11.1 Å². The van der Waals surface area contributed by atoms with E-state index in [1.54, 1.807) is 72.7 Å². The minimum Gasteiger partial charge on any atom is -0.497 e. The second kappa shape index (κ2) is 10.5. The van der Waals surface area contributed by atoms with Crippen LogP contribution in [0, 0.1) is 21.4 Å². The first-order valence-corrected chi connectivity index (χ1v) is 9.82. The third kappa shape index (κ3) is 5.80. The zero-order valence-electron chi connectivity index (χ0n) is 17.5. The van der Waals surface area contributed by atoms with Crippen molar-refractivity contribution in [3.63, 3.8) is 0 Å². The molecule has 0 aliphatic carbocycles. The average Bonchev–Trinajstić information content (AvgIpc) is 2.83. The van der Waals surface area contributed by atoms with E-state index >= 15 is 0 Å². The molecule has 0 atom stereocenters. The van der Waals surface area contributed by atoms with Crippen molar-refractivity contribution in [2.24, 2.45) is 0 Å². The van der Waals surface area contributed by atoms with Gasteiger partial charge < -0.3 is 9.64 Å². The van der Waals surface area contributed by atoms with Gasteiger partial charge in [0.25, 0.3) is 5.69 Å². The van der Waals surface area contributed by atoms with E-state index in [1.807, 2.05) is 12.1 Å². The van der Waals surface area contributed by atoms with E-state index < -0.39 is 4.92 Å². The third-order valence-electron chi connectivity index (χ3n) is 4.85. The van der Waals surface area contributed by atoms with Crippen molar-refractivity contribution in [2.75, 3.05) is 7.11 Å². The molecule has 0 fully saturated rings. The van der Waals surface area contributed by atoms with Crippen LogP contribution in [0.25, 0.3) is 6.08 Å². The third-order valence-corrected chi connectivity index (χ3v) is 4.85. The predicted molar refractivity (Wildman–Crippen MR) is 121 cm³/mol. The Bertz CT molecular complexity index is 1160. The van der Waals surface area contributed by atoms with Gasteiger partial charge in [-0.05, 0) is 41.5 Å². The van der Waals surface area contributed by atoms with Gasteiger partial charge in [-0.3, -0.25) is 14.9 Å². The minimum absolute atomic E-state index is 0.0314. The highest BCUT2D eigenvalue weighted by atomic mass is 16.6. The fourth-order valence-electron chi connectivity index (χ4n) is 3.13. The molecule has 0 bridgehead atoms. The van der Waals surface area contributed by atoms with Gasteiger partial charge in [-0.25, -0.2) is 0 Å². The lowest BCUT2D eigenvalue weighted by Gasteiger charge is -2.22. The largest absolute Gasteiger partial charge is 0.497 e. The van der Waals surface area contributed by atoms with Gasteiger partial charge in [-0.1, -0.05) is 42.5 Å². The summed E-state index contributed by atoms with van der Waals surface area (Å²) in [7, 11) is 1.58. The molecule has 0 heterocycles. The Kier molecular flexibility index (Phi) is 7.33. The predicted octanol–water partition coefficient (Wildman–Crippen LogP) is 4.72. The van der Waals surface area contributed by atoms with Crippen LogP contribution in [0.4, 0.5) is 5.69 Å². The first kappa shape index (κ1) is 22.2. The molecular weight excluding hydrogens is 406 g/mol. The Balaban J connectivity index is 1.86. The first-order chi connectivity index (χ1) is 15.5. The second-order valence-electron chi connectivity index (χ2n) is 7.00. The minimum atomic E-state index is -0.446. The Labute approximate surface area is 185 Å². The molecule has 0 spiro atoms. The van der Waals surface area contributed by atoms with Gasteiger partial charge in [0.2, 0.25) is 5.91 Å². The normalized spacial score (nSPS) is 10.5. The number of nitro benzene ring substituents is 1. The van der Waals surface area contributed by atoms with Gasteiger partial charge >= 0.3 is 0 Å². The smallest absolute Gasteiger partial charge is 0.274 e. The number of ether oxygens (including phenoxy) is 1. The number of nitro groups is 1. The molecular formula is C25H21N3O4. The van der Waals surface area contributed by atoms with Crippen LogP contribution in [-0.2, 0) is 17.9 Å². The number of hydrogen-bond acceptors (Lipinski definition) is 5. The quantitative estimate of drug-likeness (QED) is 0.294. The number of carbonyl (C=O) groups excluding carboxylic acids is 1. The van der Waals surface area contributed by atoms with Crippen molar-refractivity contribution < 1.29 is 14.5 Å². The highest BCUT2D eigenvalue weighted by Crippen LogP contribution is 2.22.